The average molecular weight is 484 g/mol. The van der Waals surface area contributed by atoms with Gasteiger partial charge in [0.05, 0.1) is 17.4 Å². The Balaban J connectivity index is 4.98. The Bertz CT molecular complexity index is 528. The first kappa shape index (κ1) is 32.9. The highest BCUT2D eigenvalue weighted by Gasteiger charge is 2.51. The quantitative estimate of drug-likeness (QED) is 0.134. The highest BCUT2D eigenvalue weighted by Crippen LogP contribution is 2.41. The van der Waals surface area contributed by atoms with Crippen molar-refractivity contribution < 1.29 is 19.1 Å². The predicted octanol–water partition coefficient (Wildman–Crippen LogP) is 7.59. The lowest BCUT2D eigenvalue weighted by atomic mass is 9.68. The smallest absolute Gasteiger partial charge is 0.312 e. The minimum atomic E-state index is -0.997. The van der Waals surface area contributed by atoms with Crippen molar-refractivity contribution >= 4 is 11.9 Å². The van der Waals surface area contributed by atoms with E-state index in [1.807, 2.05) is 6.92 Å². The largest absolute Gasteiger partial charge is 0.465 e. The number of hydrogen-bond acceptors (Lipinski definition) is 5. The van der Waals surface area contributed by atoms with E-state index in [0.29, 0.717) is 6.54 Å². The third-order valence-corrected chi connectivity index (χ3v) is 7.52. The molecule has 0 rings (SSSR count). The lowest BCUT2D eigenvalue weighted by Crippen LogP contribution is -2.48. The summed E-state index contributed by atoms with van der Waals surface area (Å²) in [5.74, 6) is -0.588. The fraction of sp³-hybridized carbons (Fsp3) is 0.931. The number of esters is 2. The molecule has 0 aromatic carbocycles. The molecule has 0 aromatic heterocycles. The van der Waals surface area contributed by atoms with Crippen LogP contribution in [-0.2, 0) is 19.1 Å². The summed E-state index contributed by atoms with van der Waals surface area (Å²) in [7, 11) is 0. The fourth-order valence-electron chi connectivity index (χ4n) is 3.84. The second-order valence-corrected chi connectivity index (χ2v) is 11.3. The van der Waals surface area contributed by atoms with E-state index in [1.54, 1.807) is 27.7 Å². The van der Waals surface area contributed by atoms with Gasteiger partial charge in [0.15, 0.2) is 0 Å². The van der Waals surface area contributed by atoms with Crippen LogP contribution in [0.3, 0.4) is 0 Å². The van der Waals surface area contributed by atoms with Crippen molar-refractivity contribution in [2.24, 2.45) is 22.5 Å². The van der Waals surface area contributed by atoms with Crippen LogP contribution in [0.1, 0.15) is 138 Å². The minimum absolute atomic E-state index is 0.0757. The average Bonchev–Trinajstić information content (AvgIpc) is 2.80. The van der Waals surface area contributed by atoms with Crippen LogP contribution in [0.5, 0.6) is 0 Å². The molecule has 5 nitrogen and oxygen atoms in total. The third-order valence-electron chi connectivity index (χ3n) is 7.52. The van der Waals surface area contributed by atoms with Gasteiger partial charge in [0, 0.05) is 5.92 Å². The molecule has 0 radical (unpaired) electrons. The Morgan fingerprint density at radius 2 is 1.12 bits per heavy atom. The van der Waals surface area contributed by atoms with Crippen molar-refractivity contribution in [1.29, 1.82) is 0 Å². The summed E-state index contributed by atoms with van der Waals surface area (Å²) in [4.78, 5) is 26.2. The van der Waals surface area contributed by atoms with Crippen molar-refractivity contribution in [2.45, 2.75) is 144 Å². The van der Waals surface area contributed by atoms with Gasteiger partial charge in [-0.15, -0.1) is 0 Å². The molecule has 1 atom stereocenters. The number of unbranched alkanes of at least 4 members (excludes halogenated alkanes) is 10. The Labute approximate surface area is 211 Å². The van der Waals surface area contributed by atoms with Crippen molar-refractivity contribution in [1.82, 2.24) is 0 Å². The zero-order valence-corrected chi connectivity index (χ0v) is 23.7. The van der Waals surface area contributed by atoms with Gasteiger partial charge in [-0.1, -0.05) is 85.0 Å². The second kappa shape index (κ2) is 18.2. The Morgan fingerprint density at radius 3 is 1.56 bits per heavy atom. The van der Waals surface area contributed by atoms with Crippen LogP contribution >= 0.6 is 0 Å². The van der Waals surface area contributed by atoms with Crippen LogP contribution in [-0.4, -0.2) is 31.2 Å². The topological polar surface area (TPSA) is 78.6 Å². The van der Waals surface area contributed by atoms with E-state index in [9.17, 15) is 9.59 Å². The van der Waals surface area contributed by atoms with E-state index in [4.69, 9.17) is 15.2 Å². The molecule has 0 aliphatic heterocycles. The maximum Gasteiger partial charge on any atom is 0.312 e. The zero-order valence-electron chi connectivity index (χ0n) is 23.7. The molecule has 34 heavy (non-hydrogen) atoms. The standard InChI is InChI=1S/C29H57NO4/c1-8-10-12-14-16-18-20-25(21-19-17-15-13-11-9-2)34-27(32)29(6,7)28(4,5)26(31)33-23-24(3)22-30/h24-25H,8-23,30H2,1-7H3. The number of nitrogens with two attached hydrogens (primary N) is 1. The summed E-state index contributed by atoms with van der Waals surface area (Å²) in [6, 6.07) is 0. The highest BCUT2D eigenvalue weighted by molar-refractivity contribution is 5.87. The summed E-state index contributed by atoms with van der Waals surface area (Å²) in [6.07, 6.45) is 16.4. The first-order valence-corrected chi connectivity index (χ1v) is 14.1. The molecule has 202 valence electrons. The van der Waals surface area contributed by atoms with Crippen molar-refractivity contribution in [3.8, 4) is 0 Å². The molecule has 0 aliphatic rings. The van der Waals surface area contributed by atoms with Crippen LogP contribution in [0.25, 0.3) is 0 Å². The molecule has 0 saturated heterocycles. The van der Waals surface area contributed by atoms with Crippen LogP contribution in [0, 0.1) is 16.7 Å². The van der Waals surface area contributed by atoms with Gasteiger partial charge in [0.1, 0.15) is 6.10 Å². The molecule has 1 unspecified atom stereocenters. The third kappa shape index (κ3) is 12.6. The normalized spacial score (nSPS) is 13.2. The van der Waals surface area contributed by atoms with Gasteiger partial charge in [-0.2, -0.15) is 0 Å². The van der Waals surface area contributed by atoms with Crippen molar-refractivity contribution in [3.63, 3.8) is 0 Å². The van der Waals surface area contributed by atoms with Gasteiger partial charge in [-0.05, 0) is 59.9 Å². The first-order valence-electron chi connectivity index (χ1n) is 14.1. The maximum absolute atomic E-state index is 13.3. The van der Waals surface area contributed by atoms with E-state index in [2.05, 4.69) is 13.8 Å². The maximum atomic E-state index is 13.3. The van der Waals surface area contributed by atoms with Gasteiger partial charge in [0.25, 0.3) is 0 Å². The number of hydrogen-bond donors (Lipinski definition) is 1. The van der Waals surface area contributed by atoms with Crippen molar-refractivity contribution in [3.05, 3.63) is 0 Å². The van der Waals surface area contributed by atoms with E-state index in [0.717, 1.165) is 25.7 Å². The molecule has 0 spiro atoms. The second-order valence-electron chi connectivity index (χ2n) is 11.3. The molecule has 0 bridgehead atoms. The summed E-state index contributed by atoms with van der Waals surface area (Å²) < 4.78 is 11.6. The summed E-state index contributed by atoms with van der Waals surface area (Å²) in [5, 5.41) is 0. The fourth-order valence-corrected chi connectivity index (χ4v) is 3.84. The van der Waals surface area contributed by atoms with E-state index < -0.39 is 10.8 Å². The molecule has 0 aromatic rings. The number of rotatable bonds is 21. The minimum Gasteiger partial charge on any atom is -0.465 e. The van der Waals surface area contributed by atoms with Gasteiger partial charge < -0.3 is 15.2 Å². The highest BCUT2D eigenvalue weighted by atomic mass is 16.5. The molecule has 0 heterocycles. The van der Waals surface area contributed by atoms with Crippen LogP contribution < -0.4 is 5.73 Å². The Morgan fingerprint density at radius 1 is 0.706 bits per heavy atom. The van der Waals surface area contributed by atoms with Gasteiger partial charge in [-0.3, -0.25) is 9.59 Å². The number of ether oxygens (including phenoxy) is 2. The monoisotopic (exact) mass is 483 g/mol. The lowest BCUT2D eigenvalue weighted by Gasteiger charge is -2.38. The molecular weight excluding hydrogens is 426 g/mol. The van der Waals surface area contributed by atoms with E-state index in [-0.39, 0.29) is 30.6 Å². The summed E-state index contributed by atoms with van der Waals surface area (Å²) >= 11 is 0. The molecule has 0 amide bonds. The lowest BCUT2D eigenvalue weighted by molar-refractivity contribution is -0.180. The van der Waals surface area contributed by atoms with Crippen LogP contribution in [0.2, 0.25) is 0 Å². The van der Waals surface area contributed by atoms with Crippen molar-refractivity contribution in [2.75, 3.05) is 13.2 Å². The van der Waals surface area contributed by atoms with Gasteiger partial charge >= 0.3 is 11.9 Å². The van der Waals surface area contributed by atoms with Gasteiger partial charge in [0.2, 0.25) is 0 Å². The van der Waals surface area contributed by atoms with Crippen LogP contribution in [0.15, 0.2) is 0 Å². The molecule has 0 saturated carbocycles. The summed E-state index contributed by atoms with van der Waals surface area (Å²) in [5.41, 5.74) is 3.65. The predicted molar refractivity (Wildman–Crippen MR) is 143 cm³/mol. The van der Waals surface area contributed by atoms with Crippen LogP contribution in [0.4, 0.5) is 0 Å². The Kier molecular flexibility index (Phi) is 17.6. The van der Waals surface area contributed by atoms with E-state index in [1.165, 1.54) is 64.2 Å². The van der Waals surface area contributed by atoms with Gasteiger partial charge in [-0.25, -0.2) is 0 Å². The molecule has 0 fully saturated rings. The molecule has 2 N–H and O–H groups in total. The number of carbonyl (C=O) groups excluding carboxylic acids is 2. The zero-order chi connectivity index (χ0) is 26.0. The Hall–Kier alpha value is -1.10. The SMILES string of the molecule is CCCCCCCCC(CCCCCCCC)OC(=O)C(C)(C)C(C)(C)C(=O)OCC(C)CN. The molecule has 0 aliphatic carbocycles. The number of carbonyl (C=O) groups is 2. The molecule has 5 heteroatoms. The molecular formula is C29H57NO4. The summed E-state index contributed by atoms with van der Waals surface area (Å²) in [6.45, 7) is 14.3. The van der Waals surface area contributed by atoms with E-state index >= 15 is 0 Å². The first-order chi connectivity index (χ1) is 16.0.